The number of anilines is 3. The van der Waals surface area contributed by atoms with E-state index in [1.54, 1.807) is 61.5 Å². The highest BCUT2D eigenvalue weighted by molar-refractivity contribution is 6.32. The molecule has 39 heavy (non-hydrogen) atoms. The van der Waals surface area contributed by atoms with E-state index in [0.717, 1.165) is 0 Å². The molecule has 0 aliphatic rings. The minimum absolute atomic E-state index is 0.0843. The van der Waals surface area contributed by atoms with E-state index in [-0.39, 0.29) is 24.7 Å². The van der Waals surface area contributed by atoms with Crippen LogP contribution in [-0.2, 0) is 11.4 Å². The summed E-state index contributed by atoms with van der Waals surface area (Å²) in [6, 6.07) is 14.4. The number of nitrogens with one attached hydrogen (secondary N) is 2. The lowest BCUT2D eigenvalue weighted by molar-refractivity contribution is -0.114. The number of carbonyl (C=O) groups excluding carboxylic acids is 1. The summed E-state index contributed by atoms with van der Waals surface area (Å²) in [5.74, 6) is -1.20. The zero-order valence-electron chi connectivity index (χ0n) is 21.5. The predicted octanol–water partition coefficient (Wildman–Crippen LogP) is 6.11. The smallest absolute Gasteiger partial charge is 0.284 e. The van der Waals surface area contributed by atoms with Gasteiger partial charge in [-0.3, -0.25) is 4.79 Å². The molecule has 0 saturated heterocycles. The predicted molar refractivity (Wildman–Crippen MR) is 148 cm³/mol. The number of fused-ring (bicyclic) bond motifs is 1. The maximum atomic E-state index is 14.4. The Morgan fingerprint density at radius 1 is 1.10 bits per heavy atom. The molecule has 0 aliphatic carbocycles. The van der Waals surface area contributed by atoms with Crippen LogP contribution in [0.4, 0.5) is 26.0 Å². The molecule has 0 aliphatic heterocycles. The van der Waals surface area contributed by atoms with Gasteiger partial charge in [0.05, 0.1) is 29.0 Å². The van der Waals surface area contributed by atoms with Gasteiger partial charge in [0.1, 0.15) is 30.3 Å². The van der Waals surface area contributed by atoms with Crippen LogP contribution in [-0.4, -0.2) is 48.5 Å². The summed E-state index contributed by atoms with van der Waals surface area (Å²) >= 11 is 6.43. The Morgan fingerprint density at radius 2 is 1.90 bits per heavy atom. The fourth-order valence-corrected chi connectivity index (χ4v) is 3.88. The highest BCUT2D eigenvalue weighted by Crippen LogP contribution is 2.38. The summed E-state index contributed by atoms with van der Waals surface area (Å²) < 4.78 is 39.3. The van der Waals surface area contributed by atoms with Crippen molar-refractivity contribution in [1.29, 1.82) is 0 Å². The molecule has 0 unspecified atom stereocenters. The van der Waals surface area contributed by atoms with Gasteiger partial charge in [0.15, 0.2) is 11.6 Å². The lowest BCUT2D eigenvalue weighted by atomic mass is 10.1. The van der Waals surface area contributed by atoms with Crippen molar-refractivity contribution in [3.63, 3.8) is 0 Å². The molecule has 4 rings (SSSR count). The number of nitrogens with zero attached hydrogens (tertiary/aromatic N) is 3. The summed E-state index contributed by atoms with van der Waals surface area (Å²) in [4.78, 5) is 22.8. The van der Waals surface area contributed by atoms with Crippen LogP contribution < -0.4 is 20.1 Å². The van der Waals surface area contributed by atoms with Crippen LogP contribution in [0.15, 0.2) is 72.8 Å². The van der Waals surface area contributed by atoms with Crippen LogP contribution >= 0.6 is 11.6 Å². The summed E-state index contributed by atoms with van der Waals surface area (Å²) in [5, 5.41) is 6.60. The number of hydrogen-bond donors (Lipinski definition) is 2. The number of rotatable bonds is 10. The molecule has 11 heteroatoms. The third-order valence-electron chi connectivity index (χ3n) is 5.55. The molecule has 4 aromatic rings. The second kappa shape index (κ2) is 12.5. The Kier molecular flexibility index (Phi) is 8.90. The van der Waals surface area contributed by atoms with Crippen molar-refractivity contribution in [2.45, 2.75) is 6.61 Å². The minimum atomic E-state index is -0.924. The second-order valence-corrected chi connectivity index (χ2v) is 9.13. The molecule has 0 bridgehead atoms. The molecule has 1 amide bonds. The van der Waals surface area contributed by atoms with Crippen LogP contribution in [0, 0.1) is 5.82 Å². The fourth-order valence-electron chi connectivity index (χ4n) is 3.65. The van der Waals surface area contributed by atoms with Crippen molar-refractivity contribution in [2.24, 2.45) is 0 Å². The highest BCUT2D eigenvalue weighted by atomic mass is 35.5. The Labute approximate surface area is 229 Å². The number of aromatic nitrogens is 2. The molecule has 2 N–H and O–H groups in total. The molecule has 0 spiro atoms. The number of benzene rings is 3. The van der Waals surface area contributed by atoms with E-state index in [2.05, 4.69) is 20.6 Å². The van der Waals surface area contributed by atoms with Gasteiger partial charge in [-0.25, -0.2) is 18.7 Å². The van der Waals surface area contributed by atoms with E-state index in [1.165, 1.54) is 31.6 Å². The third kappa shape index (κ3) is 6.98. The average Bonchev–Trinajstić information content (AvgIpc) is 2.91. The fraction of sp³-hybridized carbons (Fsp3) is 0.179. The first kappa shape index (κ1) is 27.7. The van der Waals surface area contributed by atoms with Crippen molar-refractivity contribution >= 4 is 45.6 Å². The molecule has 1 aromatic heterocycles. The van der Waals surface area contributed by atoms with Crippen molar-refractivity contribution in [3.05, 3.63) is 89.2 Å². The maximum absolute atomic E-state index is 14.4. The third-order valence-corrected chi connectivity index (χ3v) is 5.85. The Hall–Kier alpha value is -4.28. The van der Waals surface area contributed by atoms with Gasteiger partial charge in [-0.15, -0.1) is 0 Å². The molecule has 0 saturated carbocycles. The molecule has 0 radical (unpaired) electrons. The van der Waals surface area contributed by atoms with Gasteiger partial charge >= 0.3 is 0 Å². The number of ether oxygens (including phenoxy) is 2. The van der Waals surface area contributed by atoms with Crippen LogP contribution in [0.1, 0.15) is 5.56 Å². The topological polar surface area (TPSA) is 88.6 Å². The monoisotopic (exact) mass is 553 g/mol. The second-order valence-electron chi connectivity index (χ2n) is 8.72. The van der Waals surface area contributed by atoms with Crippen molar-refractivity contribution in [1.82, 2.24) is 14.9 Å². The first-order valence-electron chi connectivity index (χ1n) is 11.8. The van der Waals surface area contributed by atoms with Gasteiger partial charge in [-0.1, -0.05) is 29.8 Å². The molecule has 0 atom stereocenters. The van der Waals surface area contributed by atoms with Gasteiger partial charge in [0.25, 0.3) is 5.91 Å². The molecular formula is C28H26ClF2N5O3. The number of methoxy groups -OCH3 is 1. The van der Waals surface area contributed by atoms with Gasteiger partial charge < -0.3 is 25.0 Å². The number of amides is 1. The quantitative estimate of drug-likeness (QED) is 0.229. The first-order valence-corrected chi connectivity index (χ1v) is 12.2. The van der Waals surface area contributed by atoms with E-state index in [9.17, 15) is 13.6 Å². The lowest BCUT2D eigenvalue weighted by Crippen LogP contribution is -2.16. The lowest BCUT2D eigenvalue weighted by Gasteiger charge is -2.16. The zero-order chi connectivity index (χ0) is 27.9. The Morgan fingerprint density at radius 3 is 2.64 bits per heavy atom. The zero-order valence-corrected chi connectivity index (χ0v) is 22.2. The van der Waals surface area contributed by atoms with E-state index in [0.29, 0.717) is 44.5 Å². The van der Waals surface area contributed by atoms with Gasteiger partial charge in [0, 0.05) is 18.0 Å². The number of halogens is 3. The highest BCUT2D eigenvalue weighted by Gasteiger charge is 2.17. The molecule has 202 valence electrons. The molecule has 0 fully saturated rings. The maximum Gasteiger partial charge on any atom is 0.284 e. The molecule has 3 aromatic carbocycles. The van der Waals surface area contributed by atoms with Crippen LogP contribution in [0.2, 0.25) is 5.02 Å². The number of hydrogen-bond acceptors (Lipinski definition) is 7. The Bertz CT molecular complexity index is 1530. The van der Waals surface area contributed by atoms with Crippen LogP contribution in [0.5, 0.6) is 11.5 Å². The largest absolute Gasteiger partial charge is 0.494 e. The van der Waals surface area contributed by atoms with E-state index < -0.39 is 11.7 Å². The van der Waals surface area contributed by atoms with E-state index in [4.69, 9.17) is 21.1 Å². The molecule has 1 heterocycles. The molecular weight excluding hydrogens is 528 g/mol. The summed E-state index contributed by atoms with van der Waals surface area (Å²) in [7, 11) is 4.96. The molecule has 8 nitrogen and oxygen atoms in total. The average molecular weight is 554 g/mol. The van der Waals surface area contributed by atoms with E-state index >= 15 is 0 Å². The van der Waals surface area contributed by atoms with Crippen molar-refractivity contribution in [3.8, 4) is 11.5 Å². The standard InChI is InChI=1S/C28H26ClF2N5O3/c1-36(2)11-10-21(31)28(37)35-24-13-19-23(14-25(24)38-3)32-16-33-27(19)34-22-9-5-8-20(29)26(22)39-15-17-6-4-7-18(30)12-17/h4-10,12-14,16H,11,15H2,1-3H3,(H,35,37)(H,32,33,34)/b21-10-. The number of carbonyl (C=O) groups is 1. The van der Waals surface area contributed by atoms with E-state index in [1.807, 2.05) is 0 Å². The van der Waals surface area contributed by atoms with Crippen LogP contribution in [0.3, 0.4) is 0 Å². The van der Waals surface area contributed by atoms with Gasteiger partial charge in [-0.05, 0) is 56.1 Å². The first-order chi connectivity index (χ1) is 18.7. The van der Waals surface area contributed by atoms with Crippen LogP contribution in [0.25, 0.3) is 10.9 Å². The summed E-state index contributed by atoms with van der Waals surface area (Å²) in [6.07, 6.45) is 2.55. The Balaban J connectivity index is 1.65. The minimum Gasteiger partial charge on any atom is -0.494 e. The van der Waals surface area contributed by atoms with Gasteiger partial charge in [0.2, 0.25) is 0 Å². The summed E-state index contributed by atoms with van der Waals surface area (Å²) in [5.41, 5.74) is 1.87. The van der Waals surface area contributed by atoms with Crippen molar-refractivity contribution < 1.29 is 23.0 Å². The normalized spacial score (nSPS) is 11.5. The number of likely N-dealkylation sites (N-methyl/N-ethyl adjacent to an activating group) is 1. The van der Waals surface area contributed by atoms with Gasteiger partial charge in [-0.2, -0.15) is 0 Å². The SMILES string of the molecule is COc1cc2ncnc(Nc3cccc(Cl)c3OCc3cccc(F)c3)c2cc1NC(=O)/C(F)=C/CN(C)C. The van der Waals surface area contributed by atoms with Crippen molar-refractivity contribution in [2.75, 3.05) is 38.4 Å². The number of para-hydroxylation sites is 1. The summed E-state index contributed by atoms with van der Waals surface area (Å²) in [6.45, 7) is 0.347.